The van der Waals surface area contributed by atoms with E-state index in [1.54, 1.807) is 24.3 Å². The summed E-state index contributed by atoms with van der Waals surface area (Å²) in [4.78, 5) is 26.2. The number of amidine groups is 1. The molecular formula is C30H40N2O6. The highest BCUT2D eigenvalue weighted by molar-refractivity contribution is 5.95. The molecule has 4 fully saturated rings. The van der Waals surface area contributed by atoms with E-state index >= 15 is 0 Å². The van der Waals surface area contributed by atoms with Gasteiger partial charge in [0.05, 0.1) is 29.8 Å². The zero-order chi connectivity index (χ0) is 27.3. The largest absolute Gasteiger partial charge is 0.493 e. The first-order valence-corrected chi connectivity index (χ1v) is 13.8. The molecule has 1 aromatic rings. The number of esters is 2. The number of ether oxygens (including phenoxy) is 3. The molecule has 2 bridgehead atoms. The van der Waals surface area contributed by atoms with Gasteiger partial charge in [-0.15, -0.1) is 0 Å². The summed E-state index contributed by atoms with van der Waals surface area (Å²) in [5.41, 5.74) is 3.67. The van der Waals surface area contributed by atoms with E-state index in [1.807, 2.05) is 0 Å². The van der Waals surface area contributed by atoms with Crippen molar-refractivity contribution in [3.05, 3.63) is 42.0 Å². The number of carbonyl (C=O) groups is 2. The molecule has 0 aromatic heterocycles. The quantitative estimate of drug-likeness (QED) is 0.160. The van der Waals surface area contributed by atoms with Crippen LogP contribution in [0, 0.1) is 28.1 Å². The fraction of sp³-hybridized carbons (Fsp3) is 0.633. The second-order valence-corrected chi connectivity index (χ2v) is 12.4. The second kappa shape index (κ2) is 9.40. The molecular weight excluding hydrogens is 484 g/mol. The van der Waals surface area contributed by atoms with E-state index in [-0.39, 0.29) is 41.2 Å². The van der Waals surface area contributed by atoms with Crippen molar-refractivity contribution in [2.75, 3.05) is 13.2 Å². The third kappa shape index (κ3) is 4.21. The van der Waals surface area contributed by atoms with Crippen LogP contribution in [0.1, 0.15) is 77.2 Å². The Balaban J connectivity index is 1.21. The highest BCUT2D eigenvalue weighted by Gasteiger charge is 2.68. The van der Waals surface area contributed by atoms with Crippen LogP contribution in [0.3, 0.4) is 0 Å². The van der Waals surface area contributed by atoms with Gasteiger partial charge in [-0.1, -0.05) is 19.9 Å². The molecule has 6 atom stereocenters. The molecule has 3 aliphatic carbocycles. The number of hydrogen-bond acceptors (Lipinski definition) is 7. The summed E-state index contributed by atoms with van der Waals surface area (Å²) >= 11 is 0. The van der Waals surface area contributed by atoms with Crippen molar-refractivity contribution < 1.29 is 28.9 Å². The highest BCUT2D eigenvalue weighted by atomic mass is 16.6. The zero-order valence-corrected chi connectivity index (χ0v) is 22.5. The van der Waals surface area contributed by atoms with Crippen LogP contribution in [0.15, 0.2) is 36.4 Å². The van der Waals surface area contributed by atoms with Crippen molar-refractivity contribution in [2.45, 2.75) is 82.8 Å². The monoisotopic (exact) mass is 524 g/mol. The molecule has 8 nitrogen and oxygen atoms in total. The maximum atomic E-state index is 13.5. The summed E-state index contributed by atoms with van der Waals surface area (Å²) in [7, 11) is 0. The Morgan fingerprint density at radius 2 is 1.84 bits per heavy atom. The van der Waals surface area contributed by atoms with E-state index in [0.29, 0.717) is 43.6 Å². The first-order valence-electron chi connectivity index (χ1n) is 13.8. The molecule has 0 unspecified atom stereocenters. The number of hydrogen-bond donors (Lipinski definition) is 3. The molecule has 5 rings (SSSR count). The normalized spacial score (nSPS) is 37.9. The lowest BCUT2D eigenvalue weighted by molar-refractivity contribution is -0.248. The minimum atomic E-state index is -1.18. The Labute approximate surface area is 224 Å². The zero-order valence-electron chi connectivity index (χ0n) is 22.5. The second-order valence-electron chi connectivity index (χ2n) is 12.4. The van der Waals surface area contributed by atoms with Gasteiger partial charge in [0, 0.05) is 24.3 Å². The molecule has 3 saturated carbocycles. The van der Waals surface area contributed by atoms with Gasteiger partial charge < -0.3 is 25.1 Å². The molecule has 4 N–H and O–H groups in total. The van der Waals surface area contributed by atoms with Crippen LogP contribution in [-0.4, -0.2) is 47.3 Å². The molecule has 1 aromatic carbocycles. The van der Waals surface area contributed by atoms with E-state index in [9.17, 15) is 14.7 Å². The average Bonchev–Trinajstić information content (AvgIpc) is 2.87. The van der Waals surface area contributed by atoms with Crippen molar-refractivity contribution >= 4 is 17.8 Å². The summed E-state index contributed by atoms with van der Waals surface area (Å²) in [6.45, 7) is 8.84. The smallest absolute Gasteiger partial charge is 0.336 e. The molecule has 1 spiro atoms. The van der Waals surface area contributed by atoms with Gasteiger partial charge in [-0.25, -0.2) is 4.79 Å². The van der Waals surface area contributed by atoms with Gasteiger partial charge in [0.25, 0.3) is 0 Å². The molecule has 1 heterocycles. The van der Waals surface area contributed by atoms with E-state index in [4.69, 9.17) is 25.4 Å². The summed E-state index contributed by atoms with van der Waals surface area (Å²) in [5, 5.41) is 18.7. The topological polar surface area (TPSA) is 132 Å². The number of nitrogens with one attached hydrogen (secondary N) is 1. The number of nitrogen functional groups attached to an aromatic ring is 1. The Morgan fingerprint density at radius 1 is 1.13 bits per heavy atom. The number of carbonyl (C=O) groups excluding carboxylic acids is 2. The van der Waals surface area contributed by atoms with Crippen LogP contribution in [-0.2, 0) is 19.1 Å². The van der Waals surface area contributed by atoms with Crippen LogP contribution >= 0.6 is 0 Å². The van der Waals surface area contributed by atoms with Crippen LogP contribution < -0.4 is 10.5 Å². The summed E-state index contributed by atoms with van der Waals surface area (Å²) < 4.78 is 17.6. The molecule has 1 saturated heterocycles. The minimum absolute atomic E-state index is 0.0135. The van der Waals surface area contributed by atoms with Gasteiger partial charge in [0.1, 0.15) is 17.2 Å². The van der Waals surface area contributed by atoms with Crippen molar-refractivity contribution in [1.82, 2.24) is 0 Å². The minimum Gasteiger partial charge on any atom is -0.493 e. The maximum Gasteiger partial charge on any atom is 0.336 e. The molecule has 8 heteroatoms. The molecule has 206 valence electrons. The van der Waals surface area contributed by atoms with E-state index in [1.165, 1.54) is 0 Å². The standard InChI is InChI=1S/C30H40N2O6/c1-19-25(33)38-30-15-11-22-27(2,23(30)10-14-29(19,35)18-30)12-4-13-28(22,3)26(34)37-17-5-16-36-21-8-6-20(7-9-21)24(31)32/h6-9,22-23,35H,1,4-5,10-18H2,2-3H3,(H3,31,32)/t22-,23-,27+,28+,29-,30+/m0/s1. The number of benzene rings is 1. The van der Waals surface area contributed by atoms with Gasteiger partial charge in [0.15, 0.2) is 0 Å². The van der Waals surface area contributed by atoms with Crippen molar-refractivity contribution in [3.8, 4) is 5.75 Å². The highest BCUT2D eigenvalue weighted by Crippen LogP contribution is 2.68. The number of fused-ring (bicyclic) bond motifs is 3. The van der Waals surface area contributed by atoms with Crippen molar-refractivity contribution in [1.29, 1.82) is 5.41 Å². The Kier molecular flexibility index (Phi) is 6.61. The third-order valence-corrected chi connectivity index (χ3v) is 10.2. The fourth-order valence-corrected chi connectivity index (χ4v) is 8.32. The maximum absolute atomic E-state index is 13.5. The predicted molar refractivity (Wildman–Crippen MR) is 142 cm³/mol. The summed E-state index contributed by atoms with van der Waals surface area (Å²) in [6.07, 6.45) is 6.33. The molecule has 38 heavy (non-hydrogen) atoms. The SMILES string of the molecule is C=C1C(=O)O[C@@]23CC[C@H]4[C@@](C)(CCC[C@@]4(C)C(=O)OCCCOc4ccc(C(=N)N)cc4)[C@@H]2CC[C@]1(O)C3. The van der Waals surface area contributed by atoms with Crippen LogP contribution in [0.25, 0.3) is 0 Å². The van der Waals surface area contributed by atoms with Gasteiger partial charge in [-0.05, 0) is 81.0 Å². The first kappa shape index (κ1) is 26.7. The summed E-state index contributed by atoms with van der Waals surface area (Å²) in [6, 6.07) is 7.02. The number of aliphatic hydroxyl groups is 1. The predicted octanol–water partition coefficient (Wildman–Crippen LogP) is 4.27. The van der Waals surface area contributed by atoms with E-state index in [0.717, 1.165) is 32.1 Å². The average molecular weight is 525 g/mol. The first-order chi connectivity index (χ1) is 17.9. The lowest BCUT2D eigenvalue weighted by Crippen LogP contribution is -2.68. The fourth-order valence-electron chi connectivity index (χ4n) is 8.32. The van der Waals surface area contributed by atoms with Crippen molar-refractivity contribution in [2.24, 2.45) is 28.4 Å². The van der Waals surface area contributed by atoms with Gasteiger partial charge in [0.2, 0.25) is 0 Å². The Bertz CT molecular complexity index is 1150. The lowest BCUT2D eigenvalue weighted by Gasteiger charge is -2.66. The van der Waals surface area contributed by atoms with Gasteiger partial charge >= 0.3 is 11.9 Å². The van der Waals surface area contributed by atoms with E-state index < -0.39 is 22.6 Å². The number of rotatable bonds is 7. The van der Waals surface area contributed by atoms with Crippen LogP contribution in [0.5, 0.6) is 5.75 Å². The Hall–Kier alpha value is -2.87. The summed E-state index contributed by atoms with van der Waals surface area (Å²) in [5.74, 6) is 0.287. The van der Waals surface area contributed by atoms with Crippen LogP contribution in [0.2, 0.25) is 0 Å². The van der Waals surface area contributed by atoms with Gasteiger partial charge in [-0.3, -0.25) is 10.2 Å². The molecule has 1 aliphatic heterocycles. The Morgan fingerprint density at radius 3 is 2.55 bits per heavy atom. The third-order valence-electron chi connectivity index (χ3n) is 10.2. The molecule has 0 radical (unpaired) electrons. The van der Waals surface area contributed by atoms with Crippen LogP contribution in [0.4, 0.5) is 0 Å². The number of nitrogens with two attached hydrogens (primary N) is 1. The van der Waals surface area contributed by atoms with Gasteiger partial charge in [-0.2, -0.15) is 0 Å². The molecule has 4 aliphatic rings. The van der Waals surface area contributed by atoms with Crippen molar-refractivity contribution in [3.63, 3.8) is 0 Å². The lowest BCUT2D eigenvalue weighted by atomic mass is 9.42. The van der Waals surface area contributed by atoms with E-state index in [2.05, 4.69) is 20.4 Å². The molecule has 0 amide bonds.